The van der Waals surface area contributed by atoms with E-state index in [1.807, 2.05) is 0 Å². The van der Waals surface area contributed by atoms with E-state index in [4.69, 9.17) is 5.11 Å². The smallest absolute Gasteiger partial charge is 0.311 e. The molecule has 0 saturated heterocycles. The van der Waals surface area contributed by atoms with Crippen LogP contribution in [-0.4, -0.2) is 11.1 Å². The van der Waals surface area contributed by atoms with Crippen LogP contribution in [0, 0.1) is 5.38 Å². The van der Waals surface area contributed by atoms with Crippen LogP contribution in [0.3, 0.4) is 0 Å². The van der Waals surface area contributed by atoms with Gasteiger partial charge in [0.05, 0.1) is 5.92 Å². The Morgan fingerprint density at radius 2 is 2.60 bits per heavy atom. The van der Waals surface area contributed by atoms with Crippen LogP contribution in [0.5, 0.6) is 0 Å². The zero-order chi connectivity index (χ0) is 7.56. The average Bonchev–Trinajstić information content (AvgIpc) is 2.36. The molecule has 1 rings (SSSR count). The standard InChI is InChI=1S/C7H7O2S/c1-5(7(8)9)6-3-2-4-10-6/h2-3,5H,1H3,(H,8,9). The molecule has 1 atom stereocenters. The van der Waals surface area contributed by atoms with Crippen molar-refractivity contribution in [1.29, 1.82) is 0 Å². The molecular weight excluding hydrogens is 148 g/mol. The maximum Gasteiger partial charge on any atom is 0.311 e. The Kier molecular flexibility index (Phi) is 2.06. The number of rotatable bonds is 2. The molecule has 1 heterocycles. The van der Waals surface area contributed by atoms with Crippen molar-refractivity contribution in [2.75, 3.05) is 0 Å². The van der Waals surface area contributed by atoms with E-state index < -0.39 is 11.9 Å². The van der Waals surface area contributed by atoms with Crippen LogP contribution in [0.15, 0.2) is 12.1 Å². The number of hydrogen-bond acceptors (Lipinski definition) is 2. The van der Waals surface area contributed by atoms with Crippen molar-refractivity contribution in [2.45, 2.75) is 12.8 Å². The molecule has 0 aliphatic carbocycles. The minimum Gasteiger partial charge on any atom is -0.481 e. The Morgan fingerprint density at radius 1 is 1.90 bits per heavy atom. The molecule has 0 bridgehead atoms. The van der Waals surface area contributed by atoms with E-state index in [1.165, 1.54) is 11.3 Å². The molecule has 0 amide bonds. The largest absolute Gasteiger partial charge is 0.481 e. The van der Waals surface area contributed by atoms with Crippen molar-refractivity contribution in [2.24, 2.45) is 0 Å². The van der Waals surface area contributed by atoms with Crippen LogP contribution < -0.4 is 0 Å². The molecule has 1 radical (unpaired) electrons. The molecule has 1 N–H and O–H groups in total. The first kappa shape index (κ1) is 7.28. The van der Waals surface area contributed by atoms with Crippen LogP contribution in [0.1, 0.15) is 17.7 Å². The molecule has 0 aliphatic heterocycles. The fourth-order valence-corrected chi connectivity index (χ4v) is 1.29. The van der Waals surface area contributed by atoms with Gasteiger partial charge in [0.15, 0.2) is 0 Å². The van der Waals surface area contributed by atoms with Gasteiger partial charge in [-0.05, 0) is 19.1 Å². The Labute approximate surface area is 63.1 Å². The predicted octanol–water partition coefficient (Wildman–Crippen LogP) is 1.74. The van der Waals surface area contributed by atoms with Crippen molar-refractivity contribution in [3.05, 3.63) is 22.4 Å². The lowest BCUT2D eigenvalue weighted by molar-refractivity contribution is -0.138. The Balaban J connectivity index is 2.77. The summed E-state index contributed by atoms with van der Waals surface area (Å²) in [5, 5.41) is 11.4. The van der Waals surface area contributed by atoms with Crippen LogP contribution in [0.2, 0.25) is 0 Å². The fraction of sp³-hybridized carbons (Fsp3) is 0.286. The predicted molar refractivity (Wildman–Crippen MR) is 39.2 cm³/mol. The van der Waals surface area contributed by atoms with Gasteiger partial charge in [0.1, 0.15) is 0 Å². The first-order valence-electron chi connectivity index (χ1n) is 2.90. The van der Waals surface area contributed by atoms with Gasteiger partial charge in [-0.25, -0.2) is 0 Å². The number of carboxylic acid groups (broad SMARTS) is 1. The van der Waals surface area contributed by atoms with Gasteiger partial charge in [0, 0.05) is 10.3 Å². The molecule has 0 saturated carbocycles. The van der Waals surface area contributed by atoms with Crippen molar-refractivity contribution < 1.29 is 9.90 Å². The van der Waals surface area contributed by atoms with Crippen LogP contribution in [0.25, 0.3) is 0 Å². The highest BCUT2D eigenvalue weighted by Crippen LogP contribution is 2.19. The van der Waals surface area contributed by atoms with Crippen LogP contribution in [-0.2, 0) is 4.79 Å². The van der Waals surface area contributed by atoms with Gasteiger partial charge in [0.2, 0.25) is 0 Å². The number of carboxylic acids is 1. The normalized spacial score (nSPS) is 12.9. The summed E-state index contributed by atoms with van der Waals surface area (Å²) in [7, 11) is 0. The lowest BCUT2D eigenvalue weighted by atomic mass is 10.1. The minimum absolute atomic E-state index is 0.392. The molecule has 2 nitrogen and oxygen atoms in total. The lowest BCUT2D eigenvalue weighted by Gasteiger charge is -1.99. The van der Waals surface area contributed by atoms with E-state index in [2.05, 4.69) is 5.38 Å². The molecule has 0 spiro atoms. The molecular formula is C7H7O2S. The molecule has 1 aromatic heterocycles. The monoisotopic (exact) mass is 155 g/mol. The molecule has 3 heteroatoms. The Hall–Kier alpha value is -0.830. The van der Waals surface area contributed by atoms with Gasteiger partial charge in [-0.3, -0.25) is 4.79 Å². The third-order valence-electron chi connectivity index (χ3n) is 1.29. The van der Waals surface area contributed by atoms with E-state index in [-0.39, 0.29) is 0 Å². The van der Waals surface area contributed by atoms with Gasteiger partial charge in [-0.15, -0.1) is 11.3 Å². The van der Waals surface area contributed by atoms with Crippen molar-refractivity contribution in [1.82, 2.24) is 0 Å². The van der Waals surface area contributed by atoms with E-state index in [9.17, 15) is 4.79 Å². The van der Waals surface area contributed by atoms with Crippen molar-refractivity contribution in [3.8, 4) is 0 Å². The SMILES string of the molecule is CC(C(=O)O)c1cc[c]s1. The van der Waals surface area contributed by atoms with Crippen LogP contribution >= 0.6 is 11.3 Å². The van der Waals surface area contributed by atoms with Gasteiger partial charge < -0.3 is 5.11 Å². The molecule has 0 aliphatic rings. The Morgan fingerprint density at radius 3 is 3.00 bits per heavy atom. The molecule has 53 valence electrons. The van der Waals surface area contributed by atoms with Gasteiger partial charge >= 0.3 is 5.97 Å². The lowest BCUT2D eigenvalue weighted by Crippen LogP contribution is -2.04. The summed E-state index contributed by atoms with van der Waals surface area (Å²) in [5.74, 6) is -1.17. The summed E-state index contributed by atoms with van der Waals surface area (Å²) in [6, 6.07) is 3.52. The maximum absolute atomic E-state index is 10.4. The second-order valence-corrected chi connectivity index (χ2v) is 2.93. The average molecular weight is 155 g/mol. The summed E-state index contributed by atoms with van der Waals surface area (Å²) in [4.78, 5) is 11.2. The third kappa shape index (κ3) is 1.36. The molecule has 1 aromatic rings. The van der Waals surface area contributed by atoms with Gasteiger partial charge in [-0.2, -0.15) is 0 Å². The maximum atomic E-state index is 10.4. The summed E-state index contributed by atoms with van der Waals surface area (Å²) in [6.45, 7) is 1.67. The molecule has 0 aromatic carbocycles. The number of hydrogen-bond donors (Lipinski definition) is 1. The number of aliphatic carboxylic acids is 1. The highest BCUT2D eigenvalue weighted by molar-refractivity contribution is 7.09. The quantitative estimate of drug-likeness (QED) is 0.706. The number of carbonyl (C=O) groups is 1. The Bertz CT molecular complexity index is 216. The van der Waals surface area contributed by atoms with E-state index in [0.717, 1.165) is 4.88 Å². The summed E-state index contributed by atoms with van der Waals surface area (Å²) in [5.41, 5.74) is 0. The first-order valence-corrected chi connectivity index (χ1v) is 3.72. The summed E-state index contributed by atoms with van der Waals surface area (Å²) < 4.78 is 0. The fourth-order valence-electron chi connectivity index (χ4n) is 0.607. The second-order valence-electron chi connectivity index (χ2n) is 2.02. The van der Waals surface area contributed by atoms with Gasteiger partial charge in [0.25, 0.3) is 0 Å². The highest BCUT2D eigenvalue weighted by atomic mass is 32.1. The van der Waals surface area contributed by atoms with E-state index >= 15 is 0 Å². The van der Waals surface area contributed by atoms with E-state index in [0.29, 0.717) is 0 Å². The highest BCUT2D eigenvalue weighted by Gasteiger charge is 2.13. The summed E-state index contributed by atoms with van der Waals surface area (Å²) >= 11 is 1.35. The third-order valence-corrected chi connectivity index (χ3v) is 2.27. The molecule has 0 fully saturated rings. The van der Waals surface area contributed by atoms with Crippen LogP contribution in [0.4, 0.5) is 0 Å². The zero-order valence-electron chi connectivity index (χ0n) is 5.50. The number of thiophene rings is 1. The van der Waals surface area contributed by atoms with Crippen molar-refractivity contribution >= 4 is 17.3 Å². The van der Waals surface area contributed by atoms with Gasteiger partial charge in [-0.1, -0.05) is 0 Å². The zero-order valence-corrected chi connectivity index (χ0v) is 6.31. The second kappa shape index (κ2) is 2.84. The molecule has 1 unspecified atom stereocenters. The topological polar surface area (TPSA) is 37.3 Å². The molecule has 10 heavy (non-hydrogen) atoms. The minimum atomic E-state index is -0.782. The summed E-state index contributed by atoms with van der Waals surface area (Å²) in [6.07, 6.45) is 0. The van der Waals surface area contributed by atoms with Crippen molar-refractivity contribution in [3.63, 3.8) is 0 Å². The van der Waals surface area contributed by atoms with E-state index in [1.54, 1.807) is 19.1 Å². The first-order chi connectivity index (χ1) is 4.72.